The summed E-state index contributed by atoms with van der Waals surface area (Å²) in [6.45, 7) is 5.67. The Morgan fingerprint density at radius 1 is 0.969 bits per heavy atom. The van der Waals surface area contributed by atoms with E-state index in [1.54, 1.807) is 56.5 Å². The van der Waals surface area contributed by atoms with Crippen molar-refractivity contribution in [3.8, 4) is 5.75 Å². The second-order valence-corrected chi connectivity index (χ2v) is 9.34. The molecule has 0 saturated carbocycles. The summed E-state index contributed by atoms with van der Waals surface area (Å²) in [6.07, 6.45) is 0.728. The van der Waals surface area contributed by atoms with Gasteiger partial charge in [0.1, 0.15) is 5.75 Å². The van der Waals surface area contributed by atoms with Crippen molar-refractivity contribution in [1.82, 2.24) is 5.32 Å². The number of anilines is 1. The first-order chi connectivity index (χ1) is 15.2. The molecule has 7 heteroatoms. The second kappa shape index (κ2) is 9.87. The van der Waals surface area contributed by atoms with E-state index in [1.165, 1.54) is 0 Å². The molecule has 0 aliphatic carbocycles. The van der Waals surface area contributed by atoms with Gasteiger partial charge in [0.25, 0.3) is 15.9 Å². The van der Waals surface area contributed by atoms with Gasteiger partial charge in [0.2, 0.25) is 0 Å². The van der Waals surface area contributed by atoms with Gasteiger partial charge >= 0.3 is 0 Å². The Labute approximate surface area is 189 Å². The average Bonchev–Trinajstić information content (AvgIpc) is 2.79. The van der Waals surface area contributed by atoms with Crippen LogP contribution in [0.5, 0.6) is 5.75 Å². The van der Waals surface area contributed by atoms with Gasteiger partial charge in [0.15, 0.2) is 0 Å². The zero-order valence-electron chi connectivity index (χ0n) is 18.7. The van der Waals surface area contributed by atoms with Gasteiger partial charge < -0.3 is 10.1 Å². The fraction of sp³-hybridized carbons (Fsp3) is 0.240. The van der Waals surface area contributed by atoms with Crippen molar-refractivity contribution in [3.63, 3.8) is 0 Å². The van der Waals surface area contributed by atoms with Crippen LogP contribution in [0.2, 0.25) is 0 Å². The number of aryl methyl sites for hydroxylation is 2. The molecule has 0 spiro atoms. The highest BCUT2D eigenvalue weighted by Crippen LogP contribution is 2.23. The fourth-order valence-electron chi connectivity index (χ4n) is 3.34. The van der Waals surface area contributed by atoms with Crippen LogP contribution in [0.3, 0.4) is 0 Å². The predicted molar refractivity (Wildman–Crippen MR) is 127 cm³/mol. The van der Waals surface area contributed by atoms with Gasteiger partial charge in [-0.2, -0.15) is 0 Å². The van der Waals surface area contributed by atoms with Gasteiger partial charge in [-0.3, -0.25) is 9.52 Å². The van der Waals surface area contributed by atoms with E-state index in [0.29, 0.717) is 16.8 Å². The minimum absolute atomic E-state index is 0.145. The number of nitrogens with one attached hydrogen (secondary N) is 2. The van der Waals surface area contributed by atoms with Crippen LogP contribution in [0.4, 0.5) is 5.69 Å². The molecule has 2 N–H and O–H groups in total. The van der Waals surface area contributed by atoms with Gasteiger partial charge in [-0.25, -0.2) is 8.42 Å². The van der Waals surface area contributed by atoms with E-state index in [1.807, 2.05) is 38.1 Å². The Morgan fingerprint density at radius 3 is 2.19 bits per heavy atom. The van der Waals surface area contributed by atoms with Gasteiger partial charge in [-0.05, 0) is 73.9 Å². The Balaban J connectivity index is 1.74. The summed E-state index contributed by atoms with van der Waals surface area (Å²) < 4.78 is 33.1. The molecule has 0 bridgehead atoms. The predicted octanol–water partition coefficient (Wildman–Crippen LogP) is 4.99. The molecule has 3 aromatic carbocycles. The van der Waals surface area contributed by atoms with Gasteiger partial charge in [0, 0.05) is 5.56 Å². The molecule has 3 aromatic rings. The SMILES string of the molecule is CC[C@@H](NC(=O)c1ccc(NS(=O)(=O)c2ccc(C)cc2)c(C)c1)c1ccc(OC)cc1. The normalized spacial score (nSPS) is 12.1. The van der Waals surface area contributed by atoms with E-state index in [-0.39, 0.29) is 16.8 Å². The molecule has 0 aromatic heterocycles. The number of sulfonamides is 1. The van der Waals surface area contributed by atoms with Crippen molar-refractivity contribution in [1.29, 1.82) is 0 Å². The molecular weight excluding hydrogens is 424 g/mol. The number of rotatable bonds is 8. The number of carbonyl (C=O) groups excluding carboxylic acids is 1. The number of carbonyl (C=O) groups is 1. The molecule has 32 heavy (non-hydrogen) atoms. The number of methoxy groups -OCH3 is 1. The van der Waals surface area contributed by atoms with Crippen molar-refractivity contribution in [3.05, 3.63) is 89.0 Å². The van der Waals surface area contributed by atoms with E-state index in [0.717, 1.165) is 23.3 Å². The number of benzene rings is 3. The highest BCUT2D eigenvalue weighted by molar-refractivity contribution is 7.92. The van der Waals surface area contributed by atoms with Crippen LogP contribution in [0, 0.1) is 13.8 Å². The lowest BCUT2D eigenvalue weighted by atomic mass is 10.0. The summed E-state index contributed by atoms with van der Waals surface area (Å²) >= 11 is 0. The molecule has 168 valence electrons. The highest BCUT2D eigenvalue weighted by Gasteiger charge is 2.18. The maximum absolute atomic E-state index is 12.8. The topological polar surface area (TPSA) is 84.5 Å². The minimum atomic E-state index is -3.71. The summed E-state index contributed by atoms with van der Waals surface area (Å²) in [5.41, 5.74) is 3.53. The molecule has 0 aliphatic rings. The first-order valence-corrected chi connectivity index (χ1v) is 11.9. The zero-order valence-corrected chi connectivity index (χ0v) is 19.5. The molecule has 0 unspecified atom stereocenters. The fourth-order valence-corrected chi connectivity index (χ4v) is 4.47. The third kappa shape index (κ3) is 5.48. The number of amides is 1. The van der Waals surface area contributed by atoms with Crippen LogP contribution >= 0.6 is 0 Å². The van der Waals surface area contributed by atoms with Crippen LogP contribution in [0.1, 0.15) is 46.4 Å². The molecule has 3 rings (SSSR count). The molecule has 1 atom stereocenters. The maximum Gasteiger partial charge on any atom is 0.261 e. The van der Waals surface area contributed by atoms with Crippen molar-refractivity contribution in [2.24, 2.45) is 0 Å². The average molecular weight is 453 g/mol. The van der Waals surface area contributed by atoms with E-state index >= 15 is 0 Å². The van der Waals surface area contributed by atoms with Crippen LogP contribution in [0.25, 0.3) is 0 Å². The molecule has 6 nitrogen and oxygen atoms in total. The molecule has 1 amide bonds. The van der Waals surface area contributed by atoms with Gasteiger partial charge in [-0.1, -0.05) is 36.8 Å². The first-order valence-electron chi connectivity index (χ1n) is 10.4. The quantitative estimate of drug-likeness (QED) is 0.504. The van der Waals surface area contributed by atoms with Crippen molar-refractivity contribution >= 4 is 21.6 Å². The smallest absolute Gasteiger partial charge is 0.261 e. The Bertz CT molecular complexity index is 1190. The first kappa shape index (κ1) is 23.3. The minimum Gasteiger partial charge on any atom is -0.497 e. The van der Waals surface area contributed by atoms with Crippen LogP contribution in [-0.4, -0.2) is 21.4 Å². The number of hydrogen-bond acceptors (Lipinski definition) is 4. The summed E-state index contributed by atoms with van der Waals surface area (Å²) in [5.74, 6) is 0.540. The van der Waals surface area contributed by atoms with Crippen molar-refractivity contribution < 1.29 is 17.9 Å². The van der Waals surface area contributed by atoms with Gasteiger partial charge in [0.05, 0.1) is 23.7 Å². The molecule has 0 saturated heterocycles. The monoisotopic (exact) mass is 452 g/mol. The number of hydrogen-bond donors (Lipinski definition) is 2. The number of ether oxygens (including phenoxy) is 1. The Kier molecular flexibility index (Phi) is 7.20. The second-order valence-electron chi connectivity index (χ2n) is 7.66. The van der Waals surface area contributed by atoms with E-state index in [9.17, 15) is 13.2 Å². The van der Waals surface area contributed by atoms with E-state index < -0.39 is 10.0 Å². The zero-order chi connectivity index (χ0) is 23.3. The van der Waals surface area contributed by atoms with Crippen molar-refractivity contribution in [2.45, 2.75) is 38.1 Å². The lowest BCUT2D eigenvalue weighted by molar-refractivity contribution is 0.0935. The summed E-state index contributed by atoms with van der Waals surface area (Å²) in [7, 11) is -2.10. The molecule has 0 heterocycles. The summed E-state index contributed by atoms with van der Waals surface area (Å²) in [6, 6.07) is 19.0. The highest BCUT2D eigenvalue weighted by atomic mass is 32.2. The third-order valence-corrected chi connectivity index (χ3v) is 6.68. The Hall–Kier alpha value is -3.32. The third-order valence-electron chi connectivity index (χ3n) is 5.30. The molecule has 0 radical (unpaired) electrons. The maximum atomic E-state index is 12.8. The lowest BCUT2D eigenvalue weighted by Crippen LogP contribution is -2.28. The summed E-state index contributed by atoms with van der Waals surface area (Å²) in [4.78, 5) is 13.0. The molecule has 0 fully saturated rings. The van der Waals surface area contributed by atoms with E-state index in [2.05, 4.69) is 10.0 Å². The van der Waals surface area contributed by atoms with Crippen LogP contribution in [-0.2, 0) is 10.0 Å². The largest absolute Gasteiger partial charge is 0.497 e. The molecule has 0 aliphatic heterocycles. The Morgan fingerprint density at radius 2 is 1.62 bits per heavy atom. The standard InChI is InChI=1S/C25H28N2O4S/c1-5-23(19-8-11-21(31-4)12-9-19)26-25(28)20-10-15-24(18(3)16-20)27-32(29,30)22-13-6-17(2)7-14-22/h6-16,23,27H,5H2,1-4H3,(H,26,28)/t23-/m1/s1. The van der Waals surface area contributed by atoms with Crippen LogP contribution in [0.15, 0.2) is 71.6 Å². The van der Waals surface area contributed by atoms with Crippen LogP contribution < -0.4 is 14.8 Å². The molecular formula is C25H28N2O4S. The van der Waals surface area contributed by atoms with Gasteiger partial charge in [-0.15, -0.1) is 0 Å². The van der Waals surface area contributed by atoms with E-state index in [4.69, 9.17) is 4.74 Å². The summed E-state index contributed by atoms with van der Waals surface area (Å²) in [5, 5.41) is 3.04. The lowest BCUT2D eigenvalue weighted by Gasteiger charge is -2.18. The van der Waals surface area contributed by atoms with Crippen molar-refractivity contribution in [2.75, 3.05) is 11.8 Å².